The summed E-state index contributed by atoms with van der Waals surface area (Å²) in [5.74, 6) is 0.267. The molecule has 0 amide bonds. The van der Waals surface area contributed by atoms with Crippen molar-refractivity contribution in [2.45, 2.75) is 13.0 Å². The van der Waals surface area contributed by atoms with Crippen LogP contribution in [-0.2, 0) is 0 Å². The Balaban J connectivity index is 1.87. The van der Waals surface area contributed by atoms with E-state index in [0.29, 0.717) is 0 Å². The lowest BCUT2D eigenvalue weighted by atomic mass is 9.93. The fraction of sp³-hybridized carbons (Fsp3) is 0.0800. The van der Waals surface area contributed by atoms with Crippen molar-refractivity contribution in [3.05, 3.63) is 113 Å². The molecule has 0 aromatic heterocycles. The quantitative estimate of drug-likeness (QED) is 0.445. The number of nitrogens with zero attached hydrogens (tertiary/aromatic N) is 1. The third-order valence-corrected chi connectivity index (χ3v) is 4.79. The van der Waals surface area contributed by atoms with Gasteiger partial charge in [-0.2, -0.15) is 0 Å². The second-order valence-electron chi connectivity index (χ2n) is 6.72. The molecule has 0 fully saturated rings. The lowest BCUT2D eigenvalue weighted by Crippen LogP contribution is -2.01. The average Bonchev–Trinajstić information content (AvgIpc) is 2.71. The van der Waals surface area contributed by atoms with Gasteiger partial charge in [0.25, 0.3) is 0 Å². The fourth-order valence-electron chi connectivity index (χ4n) is 3.35. The summed E-state index contributed by atoms with van der Waals surface area (Å²) in [5.41, 5.74) is 4.15. The molecule has 0 heterocycles. The molecule has 4 aromatic rings. The number of aryl methyl sites for hydroxylation is 1. The molecule has 2 nitrogen and oxygen atoms in total. The van der Waals surface area contributed by atoms with Gasteiger partial charge in [0.1, 0.15) is 11.8 Å². The first-order chi connectivity index (χ1) is 13.2. The average molecular weight is 351 g/mol. The molecule has 1 atom stereocenters. The molecule has 0 spiro atoms. The summed E-state index contributed by atoms with van der Waals surface area (Å²) in [5, 5.41) is 12.8. The number of aliphatic imine (C=N–C) groups is 1. The van der Waals surface area contributed by atoms with Gasteiger partial charge in [-0.3, -0.25) is 4.99 Å². The van der Waals surface area contributed by atoms with Gasteiger partial charge in [0.05, 0.1) is 0 Å². The Morgan fingerprint density at radius 1 is 0.778 bits per heavy atom. The van der Waals surface area contributed by atoms with Crippen molar-refractivity contribution >= 4 is 17.0 Å². The van der Waals surface area contributed by atoms with Crippen molar-refractivity contribution in [2.75, 3.05) is 0 Å². The summed E-state index contributed by atoms with van der Waals surface area (Å²) in [4.78, 5) is 4.89. The first kappa shape index (κ1) is 17.0. The smallest absolute Gasteiger partial charge is 0.121 e. The molecule has 0 aliphatic heterocycles. The lowest BCUT2D eigenvalue weighted by Gasteiger charge is -2.17. The molecule has 1 unspecified atom stereocenters. The van der Waals surface area contributed by atoms with E-state index in [9.17, 15) is 5.11 Å². The maximum atomic E-state index is 10.7. The molecule has 0 bridgehead atoms. The van der Waals surface area contributed by atoms with Gasteiger partial charge in [-0.25, -0.2) is 0 Å². The predicted molar refractivity (Wildman–Crippen MR) is 113 cm³/mol. The van der Waals surface area contributed by atoms with Gasteiger partial charge in [0.2, 0.25) is 0 Å². The minimum atomic E-state index is -0.279. The number of hydrogen-bond acceptors (Lipinski definition) is 2. The molecule has 4 rings (SSSR count). The van der Waals surface area contributed by atoms with Crippen LogP contribution >= 0.6 is 0 Å². The molecule has 0 saturated carbocycles. The highest BCUT2D eigenvalue weighted by molar-refractivity contribution is 5.89. The Morgan fingerprint density at radius 2 is 1.48 bits per heavy atom. The molecule has 0 saturated heterocycles. The summed E-state index contributed by atoms with van der Waals surface area (Å²) in [6.45, 7) is 2.07. The van der Waals surface area contributed by atoms with Gasteiger partial charge in [0.15, 0.2) is 0 Å². The third kappa shape index (κ3) is 3.61. The van der Waals surface area contributed by atoms with Crippen LogP contribution in [0.5, 0.6) is 5.75 Å². The molecule has 0 aliphatic carbocycles. The van der Waals surface area contributed by atoms with Crippen molar-refractivity contribution in [3.8, 4) is 5.75 Å². The molecular weight excluding hydrogens is 330 g/mol. The van der Waals surface area contributed by atoms with Crippen molar-refractivity contribution in [1.29, 1.82) is 0 Å². The Kier molecular flexibility index (Phi) is 4.71. The van der Waals surface area contributed by atoms with Crippen molar-refractivity contribution in [3.63, 3.8) is 0 Å². The Morgan fingerprint density at radius 3 is 2.26 bits per heavy atom. The summed E-state index contributed by atoms with van der Waals surface area (Å²) in [6.07, 6.45) is 1.89. The highest BCUT2D eigenvalue weighted by Gasteiger charge is 2.19. The van der Waals surface area contributed by atoms with Crippen LogP contribution < -0.4 is 0 Å². The Bertz CT molecular complexity index is 1080. The largest absolute Gasteiger partial charge is 0.508 e. The highest BCUT2D eigenvalue weighted by Crippen LogP contribution is 2.37. The van der Waals surface area contributed by atoms with Gasteiger partial charge >= 0.3 is 0 Å². The van der Waals surface area contributed by atoms with E-state index in [0.717, 1.165) is 27.5 Å². The first-order valence-corrected chi connectivity index (χ1v) is 9.08. The Labute approximate surface area is 159 Å². The van der Waals surface area contributed by atoms with E-state index in [1.165, 1.54) is 5.56 Å². The van der Waals surface area contributed by atoms with E-state index in [2.05, 4.69) is 49.4 Å². The van der Waals surface area contributed by atoms with E-state index in [1.807, 2.05) is 48.7 Å². The zero-order valence-corrected chi connectivity index (χ0v) is 15.2. The van der Waals surface area contributed by atoms with Gasteiger partial charge in [-0.1, -0.05) is 90.5 Å². The maximum Gasteiger partial charge on any atom is 0.121 e. The van der Waals surface area contributed by atoms with E-state index in [-0.39, 0.29) is 11.8 Å². The number of hydrogen-bond donors (Lipinski definition) is 1. The topological polar surface area (TPSA) is 32.6 Å². The highest BCUT2D eigenvalue weighted by atomic mass is 16.3. The zero-order chi connectivity index (χ0) is 18.6. The van der Waals surface area contributed by atoms with Gasteiger partial charge in [0, 0.05) is 11.8 Å². The molecule has 1 N–H and O–H groups in total. The molecule has 0 aliphatic rings. The van der Waals surface area contributed by atoms with E-state index in [4.69, 9.17) is 4.99 Å². The normalized spacial score (nSPS) is 12.5. The minimum absolute atomic E-state index is 0.267. The van der Waals surface area contributed by atoms with Gasteiger partial charge in [-0.15, -0.1) is 0 Å². The third-order valence-electron chi connectivity index (χ3n) is 4.79. The minimum Gasteiger partial charge on any atom is -0.508 e. The van der Waals surface area contributed by atoms with Crippen LogP contribution in [0.1, 0.15) is 28.3 Å². The van der Waals surface area contributed by atoms with Gasteiger partial charge in [-0.05, 0) is 34.9 Å². The van der Waals surface area contributed by atoms with E-state index < -0.39 is 0 Å². The van der Waals surface area contributed by atoms with Crippen molar-refractivity contribution in [2.24, 2.45) is 4.99 Å². The second kappa shape index (κ2) is 7.46. The molecule has 132 valence electrons. The van der Waals surface area contributed by atoms with Crippen molar-refractivity contribution < 1.29 is 5.11 Å². The van der Waals surface area contributed by atoms with Crippen LogP contribution in [0.3, 0.4) is 0 Å². The number of aromatic hydroxyl groups is 1. The molecule has 2 heteroatoms. The van der Waals surface area contributed by atoms with Gasteiger partial charge < -0.3 is 5.11 Å². The number of phenols is 1. The van der Waals surface area contributed by atoms with Crippen LogP contribution in [0.25, 0.3) is 10.8 Å². The van der Waals surface area contributed by atoms with E-state index in [1.54, 1.807) is 6.07 Å². The molecule has 27 heavy (non-hydrogen) atoms. The predicted octanol–water partition coefficient (Wildman–Crippen LogP) is 6.06. The molecular formula is C25H21NO. The molecule has 4 aromatic carbocycles. The number of fused-ring (bicyclic) bond motifs is 1. The summed E-state index contributed by atoms with van der Waals surface area (Å²) in [6, 6.07) is 29.9. The number of rotatable bonds is 4. The van der Waals surface area contributed by atoms with Crippen LogP contribution in [0.2, 0.25) is 0 Å². The number of benzene rings is 4. The van der Waals surface area contributed by atoms with Crippen LogP contribution in [-0.4, -0.2) is 11.3 Å². The summed E-state index contributed by atoms with van der Waals surface area (Å²) >= 11 is 0. The van der Waals surface area contributed by atoms with E-state index >= 15 is 0 Å². The Hall–Kier alpha value is -3.39. The van der Waals surface area contributed by atoms with Crippen LogP contribution in [0, 0.1) is 6.92 Å². The first-order valence-electron chi connectivity index (χ1n) is 9.08. The SMILES string of the molecule is Cc1ccc(C=NC(c2ccccc2)c2c(O)ccc3ccccc23)cc1. The monoisotopic (exact) mass is 351 g/mol. The summed E-state index contributed by atoms with van der Waals surface area (Å²) in [7, 11) is 0. The maximum absolute atomic E-state index is 10.7. The number of phenolic OH excluding ortho intramolecular Hbond substituents is 1. The van der Waals surface area contributed by atoms with Crippen LogP contribution in [0.4, 0.5) is 0 Å². The lowest BCUT2D eigenvalue weighted by molar-refractivity contribution is 0.467. The molecule has 0 radical (unpaired) electrons. The second-order valence-corrected chi connectivity index (χ2v) is 6.72. The van der Waals surface area contributed by atoms with Crippen LogP contribution in [0.15, 0.2) is 96.0 Å². The van der Waals surface area contributed by atoms with Crippen molar-refractivity contribution in [1.82, 2.24) is 0 Å². The fourth-order valence-corrected chi connectivity index (χ4v) is 3.35. The standard InChI is InChI=1S/C25H21NO/c1-18-11-13-19(14-12-18)17-26-25(21-8-3-2-4-9-21)24-22-10-6-5-7-20(22)15-16-23(24)27/h2-17,25,27H,1H3. The zero-order valence-electron chi connectivity index (χ0n) is 15.2. The summed E-state index contributed by atoms with van der Waals surface area (Å²) < 4.78 is 0.